The van der Waals surface area contributed by atoms with Crippen molar-refractivity contribution >= 4 is 18.3 Å². The van der Waals surface area contributed by atoms with Crippen LogP contribution in [0.25, 0.3) is 0 Å². The lowest BCUT2D eigenvalue weighted by molar-refractivity contribution is 0.107. The van der Waals surface area contributed by atoms with Gasteiger partial charge < -0.3 is 30.0 Å². The first-order valence-electron chi connectivity index (χ1n) is 5.78. The molecule has 1 aliphatic heterocycles. The molecule has 108 valence electrons. The predicted molar refractivity (Wildman–Crippen MR) is 63.4 cm³/mol. The average Bonchev–Trinajstić information content (AvgIpc) is 2.37. The molecule has 3 N–H and O–H groups in total. The van der Waals surface area contributed by atoms with E-state index in [2.05, 4.69) is 0 Å². The summed E-state index contributed by atoms with van der Waals surface area (Å²) in [6.45, 7) is 1.73. The Kier molecular flexibility index (Phi) is 4.79. The number of hydrogen-bond acceptors (Lipinski definition) is 3. The van der Waals surface area contributed by atoms with Crippen LogP contribution in [0.2, 0.25) is 0 Å². The number of rotatable bonds is 0. The Hall–Kier alpha value is -2.19. The first-order chi connectivity index (χ1) is 8.82. The fourth-order valence-electron chi connectivity index (χ4n) is 1.96. The van der Waals surface area contributed by atoms with Crippen LogP contribution in [-0.4, -0.2) is 87.1 Å². The summed E-state index contributed by atoms with van der Waals surface area (Å²) in [5.41, 5.74) is 0. The molecule has 0 radical (unpaired) electrons. The average molecular weight is 275 g/mol. The van der Waals surface area contributed by atoms with Gasteiger partial charge in [0.15, 0.2) is 0 Å². The summed E-state index contributed by atoms with van der Waals surface area (Å²) in [7, 11) is 0. The van der Waals surface area contributed by atoms with Crippen molar-refractivity contribution in [2.45, 2.75) is 13.0 Å². The summed E-state index contributed by atoms with van der Waals surface area (Å²) in [4.78, 5) is 36.2. The van der Waals surface area contributed by atoms with Gasteiger partial charge in [-0.3, -0.25) is 0 Å². The van der Waals surface area contributed by atoms with Crippen molar-refractivity contribution in [1.29, 1.82) is 0 Å². The Morgan fingerprint density at radius 2 is 1.32 bits per heavy atom. The van der Waals surface area contributed by atoms with E-state index in [0.717, 1.165) is 14.7 Å². The molecular weight excluding hydrogens is 258 g/mol. The fourth-order valence-corrected chi connectivity index (χ4v) is 1.96. The normalized spacial score (nSPS) is 21.3. The molecule has 1 saturated heterocycles. The van der Waals surface area contributed by atoms with Crippen molar-refractivity contribution in [3.63, 3.8) is 0 Å². The molecule has 3 amide bonds. The van der Waals surface area contributed by atoms with Gasteiger partial charge in [0.25, 0.3) is 0 Å². The standard InChI is InChI=1S/C10H17N3O6/c1-7-6-12(9(16)17)3-2-11(8(14)15)4-5-13(7)10(18)19/h7H,2-6H2,1H3,(H,14,15)(H,16,17)(H,18,19). The monoisotopic (exact) mass is 275 g/mol. The van der Waals surface area contributed by atoms with Crippen LogP contribution in [-0.2, 0) is 0 Å². The second-order valence-electron chi connectivity index (χ2n) is 4.32. The largest absolute Gasteiger partial charge is 0.465 e. The van der Waals surface area contributed by atoms with Gasteiger partial charge in [0, 0.05) is 32.7 Å². The van der Waals surface area contributed by atoms with Crippen molar-refractivity contribution < 1.29 is 29.7 Å². The van der Waals surface area contributed by atoms with E-state index in [1.807, 2.05) is 0 Å². The van der Waals surface area contributed by atoms with Gasteiger partial charge in [-0.05, 0) is 6.92 Å². The summed E-state index contributed by atoms with van der Waals surface area (Å²) in [5.74, 6) is 0. The zero-order valence-electron chi connectivity index (χ0n) is 10.5. The third-order valence-corrected chi connectivity index (χ3v) is 3.05. The third kappa shape index (κ3) is 3.90. The highest BCUT2D eigenvalue weighted by Gasteiger charge is 2.27. The molecule has 0 saturated carbocycles. The maximum atomic E-state index is 11.1. The minimum absolute atomic E-state index is 0.0229. The molecule has 1 rings (SSSR count). The smallest absolute Gasteiger partial charge is 0.407 e. The quantitative estimate of drug-likeness (QED) is 0.585. The first-order valence-corrected chi connectivity index (χ1v) is 5.78. The number of amides is 3. The maximum Gasteiger partial charge on any atom is 0.407 e. The predicted octanol–water partition coefficient (Wildman–Crippen LogP) is 0.329. The van der Waals surface area contributed by atoms with Crippen LogP contribution in [0.4, 0.5) is 14.4 Å². The second kappa shape index (κ2) is 6.12. The molecule has 0 aromatic carbocycles. The highest BCUT2D eigenvalue weighted by atomic mass is 16.4. The Balaban J connectivity index is 2.90. The van der Waals surface area contributed by atoms with E-state index in [9.17, 15) is 14.4 Å². The molecule has 0 spiro atoms. The molecule has 1 atom stereocenters. The van der Waals surface area contributed by atoms with Gasteiger partial charge in [-0.25, -0.2) is 14.4 Å². The van der Waals surface area contributed by atoms with Gasteiger partial charge in [0.05, 0.1) is 6.04 Å². The van der Waals surface area contributed by atoms with Crippen molar-refractivity contribution in [2.24, 2.45) is 0 Å². The topological polar surface area (TPSA) is 122 Å². The molecule has 19 heavy (non-hydrogen) atoms. The van der Waals surface area contributed by atoms with E-state index >= 15 is 0 Å². The lowest BCUT2D eigenvalue weighted by Crippen LogP contribution is -2.46. The highest BCUT2D eigenvalue weighted by Crippen LogP contribution is 2.07. The number of carbonyl (C=O) groups is 3. The molecule has 1 heterocycles. The number of carboxylic acid groups (broad SMARTS) is 3. The van der Waals surface area contributed by atoms with E-state index < -0.39 is 24.3 Å². The van der Waals surface area contributed by atoms with Crippen LogP contribution in [0.5, 0.6) is 0 Å². The molecule has 0 bridgehead atoms. The molecule has 1 unspecified atom stereocenters. The zero-order chi connectivity index (χ0) is 14.6. The van der Waals surface area contributed by atoms with Gasteiger partial charge >= 0.3 is 18.3 Å². The Bertz CT molecular complexity index is 374. The van der Waals surface area contributed by atoms with Crippen LogP contribution in [0, 0.1) is 0 Å². The summed E-state index contributed by atoms with van der Waals surface area (Å²) in [6, 6.07) is -0.526. The molecule has 0 aromatic heterocycles. The van der Waals surface area contributed by atoms with E-state index in [-0.39, 0.29) is 32.7 Å². The summed E-state index contributed by atoms with van der Waals surface area (Å²) >= 11 is 0. The van der Waals surface area contributed by atoms with Crippen LogP contribution in [0.1, 0.15) is 6.92 Å². The van der Waals surface area contributed by atoms with Crippen LogP contribution in [0.3, 0.4) is 0 Å². The van der Waals surface area contributed by atoms with E-state index in [4.69, 9.17) is 15.3 Å². The number of nitrogens with zero attached hydrogens (tertiary/aromatic N) is 3. The van der Waals surface area contributed by atoms with Gasteiger partial charge in [-0.2, -0.15) is 0 Å². The fraction of sp³-hybridized carbons (Fsp3) is 0.700. The third-order valence-electron chi connectivity index (χ3n) is 3.05. The van der Waals surface area contributed by atoms with Gasteiger partial charge in [-0.1, -0.05) is 0 Å². The molecule has 1 aliphatic rings. The van der Waals surface area contributed by atoms with Crippen LogP contribution >= 0.6 is 0 Å². The second-order valence-corrected chi connectivity index (χ2v) is 4.32. The van der Waals surface area contributed by atoms with Crippen LogP contribution in [0.15, 0.2) is 0 Å². The highest BCUT2D eigenvalue weighted by molar-refractivity contribution is 5.68. The SMILES string of the molecule is CC1CN(C(=O)O)CCN(C(=O)O)CCN1C(=O)O. The molecule has 1 fully saturated rings. The Morgan fingerprint density at radius 3 is 1.79 bits per heavy atom. The summed E-state index contributed by atoms with van der Waals surface area (Å²) < 4.78 is 0. The minimum Gasteiger partial charge on any atom is -0.465 e. The van der Waals surface area contributed by atoms with Crippen molar-refractivity contribution in [1.82, 2.24) is 14.7 Å². The van der Waals surface area contributed by atoms with E-state index in [1.165, 1.54) is 0 Å². The van der Waals surface area contributed by atoms with E-state index in [1.54, 1.807) is 6.92 Å². The summed E-state index contributed by atoms with van der Waals surface area (Å²) in [5, 5.41) is 27.0. The Morgan fingerprint density at radius 1 is 0.842 bits per heavy atom. The summed E-state index contributed by atoms with van der Waals surface area (Å²) in [6.07, 6.45) is -3.57. The van der Waals surface area contributed by atoms with Gasteiger partial charge in [0.1, 0.15) is 0 Å². The molecule has 9 nitrogen and oxygen atoms in total. The maximum absolute atomic E-state index is 11.1. The first kappa shape index (κ1) is 14.9. The van der Waals surface area contributed by atoms with Gasteiger partial charge in [-0.15, -0.1) is 0 Å². The van der Waals surface area contributed by atoms with Crippen molar-refractivity contribution in [3.8, 4) is 0 Å². The Labute approximate surface area is 109 Å². The van der Waals surface area contributed by atoms with Gasteiger partial charge in [0.2, 0.25) is 0 Å². The van der Waals surface area contributed by atoms with Crippen LogP contribution < -0.4 is 0 Å². The van der Waals surface area contributed by atoms with Crippen molar-refractivity contribution in [2.75, 3.05) is 32.7 Å². The minimum atomic E-state index is -1.19. The molecular formula is C10H17N3O6. The zero-order valence-corrected chi connectivity index (χ0v) is 10.5. The number of hydrogen-bond donors (Lipinski definition) is 3. The van der Waals surface area contributed by atoms with Crippen molar-refractivity contribution in [3.05, 3.63) is 0 Å². The molecule has 0 aliphatic carbocycles. The van der Waals surface area contributed by atoms with E-state index in [0.29, 0.717) is 0 Å². The molecule has 9 heteroatoms. The lowest BCUT2D eigenvalue weighted by atomic mass is 10.2. The lowest BCUT2D eigenvalue weighted by Gasteiger charge is -2.28. The molecule has 0 aromatic rings.